The highest BCUT2D eigenvalue weighted by Gasteiger charge is 2.47. The zero-order valence-corrected chi connectivity index (χ0v) is 16.7. The third-order valence-electron chi connectivity index (χ3n) is 5.76. The standard InChI is InChI=1S/C19H27N7O3/c1-28-12-11-26-18(21-22-23-26)19(25-9-13-29-14-10-25)5-2-8-24(15-19)17(27)16-3-6-20-7-4-16/h3-4,6-7H,2,5,8-15H2,1H3. The highest BCUT2D eigenvalue weighted by Crippen LogP contribution is 2.37. The fourth-order valence-electron chi connectivity index (χ4n) is 4.33. The molecule has 29 heavy (non-hydrogen) atoms. The van der Waals surface area contributed by atoms with Crippen LogP contribution in [0.5, 0.6) is 0 Å². The molecule has 0 radical (unpaired) electrons. The Morgan fingerprint density at radius 2 is 2.03 bits per heavy atom. The van der Waals surface area contributed by atoms with E-state index in [1.807, 2.05) is 9.58 Å². The summed E-state index contributed by atoms with van der Waals surface area (Å²) < 4.78 is 12.6. The van der Waals surface area contributed by atoms with Gasteiger partial charge in [0.15, 0.2) is 5.82 Å². The Hall–Kier alpha value is -2.43. The molecule has 2 fully saturated rings. The SMILES string of the molecule is COCCn1nnnc1C1(N2CCOCC2)CCCN(C(=O)c2ccncc2)C1. The normalized spacial score (nSPS) is 23.3. The Balaban J connectivity index is 1.67. The van der Waals surface area contributed by atoms with Crippen molar-refractivity contribution in [2.45, 2.75) is 24.9 Å². The van der Waals surface area contributed by atoms with Gasteiger partial charge in [-0.05, 0) is 35.4 Å². The Morgan fingerprint density at radius 1 is 1.24 bits per heavy atom. The molecular weight excluding hydrogens is 374 g/mol. The van der Waals surface area contributed by atoms with Crippen LogP contribution < -0.4 is 0 Å². The first kappa shape index (κ1) is 19.9. The topological polar surface area (TPSA) is 98.5 Å². The summed E-state index contributed by atoms with van der Waals surface area (Å²) in [6, 6.07) is 3.52. The minimum absolute atomic E-state index is 0.0145. The van der Waals surface area contributed by atoms with Crippen molar-refractivity contribution in [3.05, 3.63) is 35.9 Å². The first-order valence-electron chi connectivity index (χ1n) is 10.0. The fourth-order valence-corrected chi connectivity index (χ4v) is 4.33. The second kappa shape index (κ2) is 8.93. The van der Waals surface area contributed by atoms with Gasteiger partial charge >= 0.3 is 0 Å². The number of hydrogen-bond donors (Lipinski definition) is 0. The maximum atomic E-state index is 13.2. The summed E-state index contributed by atoms with van der Waals surface area (Å²) in [6.45, 7) is 5.26. The minimum atomic E-state index is -0.442. The van der Waals surface area contributed by atoms with E-state index in [-0.39, 0.29) is 5.91 Å². The maximum absolute atomic E-state index is 13.2. The number of carbonyl (C=O) groups is 1. The molecule has 2 aliphatic rings. The molecule has 0 spiro atoms. The van der Waals surface area contributed by atoms with E-state index in [2.05, 4.69) is 25.4 Å². The number of tetrazole rings is 1. The molecular formula is C19H27N7O3. The lowest BCUT2D eigenvalue weighted by molar-refractivity contribution is -0.0573. The molecule has 2 aliphatic heterocycles. The molecule has 10 nitrogen and oxygen atoms in total. The van der Waals surface area contributed by atoms with Crippen LogP contribution in [-0.2, 0) is 21.6 Å². The van der Waals surface area contributed by atoms with E-state index in [1.54, 1.807) is 31.6 Å². The average Bonchev–Trinajstić information content (AvgIpc) is 3.27. The van der Waals surface area contributed by atoms with Crippen LogP contribution in [0.25, 0.3) is 0 Å². The van der Waals surface area contributed by atoms with Gasteiger partial charge in [0.2, 0.25) is 0 Å². The molecule has 2 aromatic rings. The number of methoxy groups -OCH3 is 1. The summed E-state index contributed by atoms with van der Waals surface area (Å²) in [6.07, 6.45) is 5.07. The molecule has 1 atom stereocenters. The molecule has 1 unspecified atom stereocenters. The van der Waals surface area contributed by atoms with Crippen molar-refractivity contribution in [3.63, 3.8) is 0 Å². The molecule has 4 heterocycles. The third kappa shape index (κ3) is 4.00. The summed E-state index contributed by atoms with van der Waals surface area (Å²) in [5.41, 5.74) is 0.207. The summed E-state index contributed by atoms with van der Waals surface area (Å²) in [7, 11) is 1.66. The van der Waals surface area contributed by atoms with Gasteiger partial charge in [-0.2, -0.15) is 0 Å². The quantitative estimate of drug-likeness (QED) is 0.676. The van der Waals surface area contributed by atoms with Crippen LogP contribution in [-0.4, -0.2) is 94.0 Å². The maximum Gasteiger partial charge on any atom is 0.254 e. The molecule has 10 heteroatoms. The molecule has 0 aromatic carbocycles. The highest BCUT2D eigenvalue weighted by atomic mass is 16.5. The van der Waals surface area contributed by atoms with E-state index >= 15 is 0 Å². The summed E-state index contributed by atoms with van der Waals surface area (Å²) in [5, 5.41) is 12.6. The molecule has 4 rings (SSSR count). The number of morpholine rings is 1. The van der Waals surface area contributed by atoms with Crippen molar-refractivity contribution in [2.75, 3.05) is 53.1 Å². The molecule has 0 saturated carbocycles. The summed E-state index contributed by atoms with van der Waals surface area (Å²) in [5.74, 6) is 0.810. The smallest absolute Gasteiger partial charge is 0.254 e. The fraction of sp³-hybridized carbons (Fsp3) is 0.632. The third-order valence-corrected chi connectivity index (χ3v) is 5.76. The van der Waals surface area contributed by atoms with Gasteiger partial charge in [0, 0.05) is 51.2 Å². The van der Waals surface area contributed by atoms with Crippen LogP contribution in [0.2, 0.25) is 0 Å². The predicted octanol–water partition coefficient (Wildman–Crippen LogP) is 0.178. The minimum Gasteiger partial charge on any atom is -0.383 e. The van der Waals surface area contributed by atoms with E-state index in [0.29, 0.717) is 45.0 Å². The zero-order chi connectivity index (χ0) is 20.1. The van der Waals surface area contributed by atoms with Crippen LogP contribution >= 0.6 is 0 Å². The number of carbonyl (C=O) groups excluding carboxylic acids is 1. The van der Waals surface area contributed by atoms with Crippen molar-refractivity contribution in [3.8, 4) is 0 Å². The van der Waals surface area contributed by atoms with Crippen molar-refractivity contribution in [1.82, 2.24) is 35.0 Å². The Kier molecular flexibility index (Phi) is 6.12. The lowest BCUT2D eigenvalue weighted by Crippen LogP contribution is -2.61. The van der Waals surface area contributed by atoms with Crippen molar-refractivity contribution < 1.29 is 14.3 Å². The van der Waals surface area contributed by atoms with Crippen LogP contribution in [0.3, 0.4) is 0 Å². The molecule has 0 N–H and O–H groups in total. The summed E-state index contributed by atoms with van der Waals surface area (Å²) >= 11 is 0. The molecule has 156 valence electrons. The lowest BCUT2D eigenvalue weighted by Gasteiger charge is -2.49. The van der Waals surface area contributed by atoms with E-state index < -0.39 is 5.54 Å². The number of rotatable bonds is 6. The van der Waals surface area contributed by atoms with E-state index in [9.17, 15) is 4.79 Å². The zero-order valence-electron chi connectivity index (χ0n) is 16.7. The van der Waals surface area contributed by atoms with Crippen LogP contribution in [0.15, 0.2) is 24.5 Å². The molecule has 0 bridgehead atoms. The number of nitrogens with zero attached hydrogens (tertiary/aromatic N) is 7. The van der Waals surface area contributed by atoms with Gasteiger partial charge in [0.25, 0.3) is 5.91 Å². The van der Waals surface area contributed by atoms with Crippen LogP contribution in [0.1, 0.15) is 29.0 Å². The van der Waals surface area contributed by atoms with Crippen LogP contribution in [0, 0.1) is 0 Å². The Labute approximate surface area is 169 Å². The van der Waals surface area contributed by atoms with E-state index in [4.69, 9.17) is 9.47 Å². The first-order valence-corrected chi connectivity index (χ1v) is 10.0. The van der Waals surface area contributed by atoms with Gasteiger partial charge in [0.05, 0.1) is 26.4 Å². The molecule has 1 amide bonds. The molecule has 0 aliphatic carbocycles. The second-order valence-electron chi connectivity index (χ2n) is 7.42. The average molecular weight is 401 g/mol. The van der Waals surface area contributed by atoms with E-state index in [1.165, 1.54) is 0 Å². The van der Waals surface area contributed by atoms with Crippen molar-refractivity contribution >= 4 is 5.91 Å². The largest absolute Gasteiger partial charge is 0.383 e. The van der Waals surface area contributed by atoms with E-state index in [0.717, 1.165) is 31.8 Å². The number of pyridine rings is 1. The Morgan fingerprint density at radius 3 is 2.79 bits per heavy atom. The molecule has 2 saturated heterocycles. The van der Waals surface area contributed by atoms with Gasteiger partial charge in [-0.15, -0.1) is 5.10 Å². The van der Waals surface area contributed by atoms with Crippen LogP contribution in [0.4, 0.5) is 0 Å². The lowest BCUT2D eigenvalue weighted by atomic mass is 9.85. The second-order valence-corrected chi connectivity index (χ2v) is 7.42. The van der Waals surface area contributed by atoms with Gasteiger partial charge < -0.3 is 14.4 Å². The van der Waals surface area contributed by atoms with Gasteiger partial charge in [-0.25, -0.2) is 4.68 Å². The Bertz CT molecular complexity index is 809. The number of ether oxygens (including phenoxy) is 2. The number of amides is 1. The summed E-state index contributed by atoms with van der Waals surface area (Å²) in [4.78, 5) is 21.5. The molecule has 2 aromatic heterocycles. The predicted molar refractivity (Wildman–Crippen MR) is 103 cm³/mol. The monoisotopic (exact) mass is 401 g/mol. The number of piperidine rings is 1. The highest BCUT2D eigenvalue weighted by molar-refractivity contribution is 5.94. The number of hydrogen-bond acceptors (Lipinski definition) is 8. The van der Waals surface area contributed by atoms with Gasteiger partial charge in [-0.3, -0.25) is 14.7 Å². The van der Waals surface area contributed by atoms with Gasteiger partial charge in [0.1, 0.15) is 5.54 Å². The van der Waals surface area contributed by atoms with Gasteiger partial charge in [-0.1, -0.05) is 0 Å². The number of likely N-dealkylation sites (tertiary alicyclic amines) is 1. The van der Waals surface area contributed by atoms with Crippen molar-refractivity contribution in [2.24, 2.45) is 0 Å². The first-order chi connectivity index (χ1) is 14.2. The van der Waals surface area contributed by atoms with Crippen molar-refractivity contribution in [1.29, 1.82) is 0 Å². The number of aromatic nitrogens is 5.